The van der Waals surface area contributed by atoms with E-state index in [9.17, 15) is 19.2 Å². The molecule has 7 rings (SSSR count). The van der Waals surface area contributed by atoms with Gasteiger partial charge in [-0.2, -0.15) is 0 Å². The van der Waals surface area contributed by atoms with Gasteiger partial charge in [0, 0.05) is 41.2 Å². The van der Waals surface area contributed by atoms with Crippen LogP contribution >= 0.6 is 0 Å². The summed E-state index contributed by atoms with van der Waals surface area (Å²) in [5, 5.41) is 46.4. The van der Waals surface area contributed by atoms with Crippen LogP contribution < -0.4 is 11.1 Å². The third-order valence-corrected chi connectivity index (χ3v) is 9.31. The number of nitrogens with one attached hydrogen (secondary N) is 1. The average molecular weight is 750 g/mol. The number of ketones is 2. The molecular weight excluding hydrogens is 702 g/mol. The summed E-state index contributed by atoms with van der Waals surface area (Å²) in [6, 6.07) is 36.7. The molecule has 288 valence electrons. The molecule has 1 aromatic heterocycles. The van der Waals surface area contributed by atoms with Gasteiger partial charge in [0.1, 0.15) is 0 Å². The Morgan fingerprint density at radius 2 is 1.31 bits per heavy atom. The molecule has 55 heavy (non-hydrogen) atoms. The number of aliphatic carboxylic acids is 2. The van der Waals surface area contributed by atoms with Crippen LogP contribution in [0.3, 0.4) is 0 Å². The number of carboxylic acid groups (broad SMARTS) is 2. The van der Waals surface area contributed by atoms with Crippen LogP contribution in [0.4, 0.5) is 5.69 Å². The lowest BCUT2D eigenvalue weighted by Gasteiger charge is -2.20. The summed E-state index contributed by atoms with van der Waals surface area (Å²) < 4.78 is 1.83. The molecule has 12 nitrogen and oxygen atoms in total. The van der Waals surface area contributed by atoms with Crippen LogP contribution in [-0.4, -0.2) is 85.5 Å². The fraction of sp³-hybridized carbons (Fsp3) is 0.256. The molecule has 0 bridgehead atoms. The summed E-state index contributed by atoms with van der Waals surface area (Å²) in [7, 11) is 0. The van der Waals surface area contributed by atoms with E-state index in [2.05, 4.69) is 29.6 Å². The summed E-state index contributed by atoms with van der Waals surface area (Å²) >= 11 is 0. The lowest BCUT2D eigenvalue weighted by Crippen LogP contribution is -2.50. The fourth-order valence-corrected chi connectivity index (χ4v) is 5.87. The number of anilines is 1. The fourth-order valence-electron chi connectivity index (χ4n) is 5.87. The first kappa shape index (κ1) is 41.8. The molecule has 2 unspecified atom stereocenters. The topological polar surface area (TPSA) is 212 Å². The van der Waals surface area contributed by atoms with Gasteiger partial charge in [0.2, 0.25) is 5.78 Å². The number of benzene rings is 4. The second-order valence-corrected chi connectivity index (χ2v) is 13.2. The number of hydrogen-bond donors (Lipinski definition) is 7. The predicted octanol–water partition coefficient (Wildman–Crippen LogP) is 4.71. The molecule has 0 fully saturated rings. The number of rotatable bonds is 10. The van der Waals surface area contributed by atoms with Crippen LogP contribution in [-0.2, 0) is 22.6 Å². The molecule has 12 heteroatoms. The number of aliphatic hydroxyl groups excluding tert-OH is 3. The minimum atomic E-state index is -1.21. The van der Waals surface area contributed by atoms with Crippen molar-refractivity contribution in [2.45, 2.75) is 43.7 Å². The number of aromatic nitrogens is 1. The maximum atomic E-state index is 12.4. The van der Waals surface area contributed by atoms with E-state index in [1.807, 2.05) is 28.8 Å². The monoisotopic (exact) mass is 749 g/mol. The van der Waals surface area contributed by atoms with E-state index in [4.69, 9.17) is 31.3 Å². The van der Waals surface area contributed by atoms with Gasteiger partial charge in [-0.25, -0.2) is 0 Å². The Hall–Kier alpha value is -5.92. The van der Waals surface area contributed by atoms with E-state index >= 15 is 0 Å². The highest BCUT2D eigenvalue weighted by atomic mass is 16.4. The van der Waals surface area contributed by atoms with Crippen molar-refractivity contribution in [1.82, 2.24) is 4.57 Å². The molecular formula is C43H47N3O9. The highest BCUT2D eigenvalue weighted by molar-refractivity contribution is 6.09. The molecule has 8 N–H and O–H groups in total. The lowest BCUT2D eigenvalue weighted by atomic mass is 9.96. The Labute approximate surface area is 319 Å². The van der Waals surface area contributed by atoms with Gasteiger partial charge in [-0.1, -0.05) is 97.1 Å². The van der Waals surface area contributed by atoms with Crippen molar-refractivity contribution in [3.63, 3.8) is 0 Å². The summed E-state index contributed by atoms with van der Waals surface area (Å²) in [5.41, 5.74) is 10.4. The molecule has 0 aliphatic carbocycles. The zero-order valence-electron chi connectivity index (χ0n) is 30.5. The van der Waals surface area contributed by atoms with Gasteiger partial charge in [0.25, 0.3) is 0 Å². The molecule has 0 amide bonds. The van der Waals surface area contributed by atoms with Crippen molar-refractivity contribution in [3.8, 4) is 0 Å². The Morgan fingerprint density at radius 3 is 1.85 bits per heavy atom. The average Bonchev–Trinajstić information content (AvgIpc) is 3.99. The molecule has 5 aromatic rings. The van der Waals surface area contributed by atoms with Crippen LogP contribution in [0.1, 0.15) is 74.0 Å². The number of para-hydroxylation sites is 1. The van der Waals surface area contributed by atoms with E-state index in [-0.39, 0.29) is 11.6 Å². The van der Waals surface area contributed by atoms with Crippen molar-refractivity contribution < 1.29 is 44.7 Å². The first-order chi connectivity index (χ1) is 26.4. The Balaban J connectivity index is 0.000000175. The number of carbonyl (C=O) groups is 4. The van der Waals surface area contributed by atoms with Gasteiger partial charge in [0.15, 0.2) is 5.78 Å². The van der Waals surface area contributed by atoms with Gasteiger partial charge in [-0.05, 0) is 55.2 Å². The number of carboxylic acids is 2. The highest BCUT2D eigenvalue weighted by Crippen LogP contribution is 2.31. The van der Waals surface area contributed by atoms with Crippen molar-refractivity contribution >= 4 is 29.2 Å². The molecule has 2 aliphatic rings. The minimum absolute atomic E-state index is 0.0575. The Bertz CT molecular complexity index is 2010. The number of nitrogens with zero attached hydrogens (tertiary/aromatic N) is 1. The van der Waals surface area contributed by atoms with Gasteiger partial charge in [-0.15, -0.1) is 0 Å². The van der Waals surface area contributed by atoms with E-state index < -0.39 is 49.1 Å². The van der Waals surface area contributed by atoms with E-state index in [1.165, 1.54) is 17.7 Å². The van der Waals surface area contributed by atoms with Crippen LogP contribution in [0.2, 0.25) is 0 Å². The van der Waals surface area contributed by atoms with Crippen LogP contribution in [0.25, 0.3) is 0 Å². The summed E-state index contributed by atoms with van der Waals surface area (Å²) in [4.78, 5) is 46.7. The number of carbonyl (C=O) groups excluding carboxylic acids is 2. The van der Waals surface area contributed by atoms with Gasteiger partial charge in [-0.3, -0.25) is 19.2 Å². The maximum Gasteiger partial charge on any atom is 0.312 e. The van der Waals surface area contributed by atoms with Crippen molar-refractivity contribution in [3.05, 3.63) is 161 Å². The second kappa shape index (κ2) is 20.0. The largest absolute Gasteiger partial charge is 0.481 e. The molecule has 0 saturated heterocycles. The third kappa shape index (κ3) is 11.1. The smallest absolute Gasteiger partial charge is 0.312 e. The van der Waals surface area contributed by atoms with E-state index in [1.54, 1.807) is 79.7 Å². The normalized spacial score (nSPS) is 14.2. The minimum Gasteiger partial charge on any atom is -0.481 e. The predicted molar refractivity (Wildman–Crippen MR) is 208 cm³/mol. The van der Waals surface area contributed by atoms with Crippen molar-refractivity contribution in [1.29, 1.82) is 0 Å². The molecule has 0 spiro atoms. The van der Waals surface area contributed by atoms with Crippen molar-refractivity contribution in [2.75, 3.05) is 31.7 Å². The molecule has 2 aliphatic heterocycles. The summed E-state index contributed by atoms with van der Waals surface area (Å²) in [5.74, 6) is -2.99. The number of hydrogen-bond acceptors (Lipinski definition) is 9. The van der Waals surface area contributed by atoms with E-state index in [0.717, 1.165) is 12.2 Å². The van der Waals surface area contributed by atoms with Crippen LogP contribution in [0, 0.1) is 0 Å². The van der Waals surface area contributed by atoms with Gasteiger partial charge in [0.05, 0.1) is 42.9 Å². The quantitative estimate of drug-likeness (QED) is 0.0972. The maximum absolute atomic E-state index is 12.4. The first-order valence-electron chi connectivity index (χ1n) is 17.8. The van der Waals surface area contributed by atoms with Crippen LogP contribution in [0.15, 0.2) is 121 Å². The third-order valence-electron chi connectivity index (χ3n) is 9.31. The Kier molecular flexibility index (Phi) is 15.2. The second-order valence-electron chi connectivity index (χ2n) is 13.2. The van der Waals surface area contributed by atoms with Gasteiger partial charge < -0.3 is 41.2 Å². The van der Waals surface area contributed by atoms with Gasteiger partial charge >= 0.3 is 11.9 Å². The number of fused-ring (bicyclic) bond motifs is 2. The summed E-state index contributed by atoms with van der Waals surface area (Å²) in [6.07, 6.45) is 1.75. The lowest BCUT2D eigenvalue weighted by molar-refractivity contribution is -0.139. The molecule has 2 atom stereocenters. The van der Waals surface area contributed by atoms with Crippen molar-refractivity contribution in [2.24, 2.45) is 5.73 Å². The Morgan fingerprint density at radius 1 is 0.745 bits per heavy atom. The molecule has 4 aromatic carbocycles. The van der Waals surface area contributed by atoms with Crippen LogP contribution in [0.5, 0.6) is 0 Å². The zero-order chi connectivity index (χ0) is 40.0. The molecule has 3 heterocycles. The SMILES string of the molecule is CC(C(=O)O)c1cccc(C(=O)c2ccccc2)c1.NC(CO)(CO)CO.O=C(c1ccccc1)c1ccc2n1CCC2C(=O)O.c1ccc2c(c1)CCN2. The molecule has 0 saturated carbocycles. The highest BCUT2D eigenvalue weighted by Gasteiger charge is 2.31. The molecule has 0 radical (unpaired) electrons. The van der Waals surface area contributed by atoms with E-state index in [0.29, 0.717) is 40.9 Å². The zero-order valence-corrected chi connectivity index (χ0v) is 30.5. The number of aliphatic hydroxyl groups is 3. The standard InChI is InChI=1S/C16H14O3.C15H13NO3.C8H9N.C4H11NO3/c1-11(16(18)19)13-8-5-9-14(10-13)15(17)12-6-3-2-4-7-12;17-14(10-4-2-1-3-5-10)13-7-6-12-11(15(18)19)8-9-16(12)13;1-2-4-8-7(3-1)5-6-9-8;5-4(1-6,2-7)3-8/h2-11H,1H3,(H,18,19);1-7,11H,8-9H2,(H,18,19);1-4,9H,5-6H2;6-8H,1-3,5H2. The summed E-state index contributed by atoms with van der Waals surface area (Å²) in [6.45, 7) is 2.10. The number of nitrogens with two attached hydrogens (primary N) is 1. The first-order valence-corrected chi connectivity index (χ1v) is 17.8.